The molecule has 0 aromatic carbocycles. The third-order valence-electron chi connectivity index (χ3n) is 3.87. The van der Waals surface area contributed by atoms with Crippen LogP contribution in [-0.4, -0.2) is 26.3 Å². The second kappa shape index (κ2) is 14.2. The molecular formula is C15H31ClN2O2RuS. The van der Waals surface area contributed by atoms with Crippen LogP contribution in [0.5, 0.6) is 0 Å². The maximum absolute atomic E-state index is 12.2. The molecule has 1 rings (SSSR count). The third-order valence-corrected chi connectivity index (χ3v) is 5.35. The first-order valence-electron chi connectivity index (χ1n) is 7.77. The first-order valence-corrected chi connectivity index (χ1v) is 11.6. The number of hydrogen-bond acceptors (Lipinski definition) is 2. The maximum atomic E-state index is 12.2. The molecule has 1 aliphatic rings. The van der Waals surface area contributed by atoms with Crippen LogP contribution in [-0.2, 0) is 27.3 Å². The first-order chi connectivity index (χ1) is 9.98. The van der Waals surface area contributed by atoms with Crippen LogP contribution in [0.25, 0.3) is 10.5 Å². The van der Waals surface area contributed by atoms with E-state index in [9.17, 15) is 8.42 Å². The summed E-state index contributed by atoms with van der Waals surface area (Å²) < 4.78 is 28.3. The van der Waals surface area contributed by atoms with Gasteiger partial charge in [-0.3, -0.25) is 0 Å². The molecule has 0 aromatic heterocycles. The summed E-state index contributed by atoms with van der Waals surface area (Å²) in [5, 5.41) is 0. The van der Waals surface area contributed by atoms with Crippen molar-refractivity contribution in [1.29, 1.82) is 0 Å². The summed E-state index contributed by atoms with van der Waals surface area (Å²) >= 11 is 1.82. The zero-order valence-corrected chi connectivity index (χ0v) is 17.3. The topological polar surface area (TPSA) is 72.0 Å². The van der Waals surface area contributed by atoms with E-state index >= 15 is 0 Å². The summed E-state index contributed by atoms with van der Waals surface area (Å²) in [5.41, 5.74) is 7.90. The van der Waals surface area contributed by atoms with Crippen molar-refractivity contribution in [2.45, 2.75) is 77.3 Å². The Bertz CT molecular complexity index is 349. The molecule has 22 heavy (non-hydrogen) atoms. The van der Waals surface area contributed by atoms with E-state index in [1.54, 1.807) is 0 Å². The second-order valence-corrected chi connectivity index (χ2v) is 7.46. The monoisotopic (exact) mass is 440 g/mol. The van der Waals surface area contributed by atoms with E-state index in [4.69, 9.17) is 5.73 Å². The van der Waals surface area contributed by atoms with Crippen molar-refractivity contribution in [3.05, 3.63) is 17.9 Å². The molecule has 1 N–H and O–H groups in total. The van der Waals surface area contributed by atoms with Gasteiger partial charge in [0, 0.05) is 5.75 Å². The summed E-state index contributed by atoms with van der Waals surface area (Å²) in [6.45, 7) is 4.18. The molecule has 1 aliphatic carbocycles. The molecule has 134 valence electrons. The normalized spacial score (nSPS) is 21.7. The zero-order chi connectivity index (χ0) is 16.3. The molecule has 0 amide bonds. The number of nitrogens with one attached hydrogen (secondary N) is 1. The van der Waals surface area contributed by atoms with Crippen LogP contribution in [0, 0.1) is 13.3 Å². The number of hydrogen-bond donors (Lipinski definition) is 0. The summed E-state index contributed by atoms with van der Waals surface area (Å²) in [5.74, 6) is 0.411. The van der Waals surface area contributed by atoms with E-state index in [-0.39, 0.29) is 31.2 Å². The fraction of sp³-hybridized carbons (Fsp3) is 0.933. The van der Waals surface area contributed by atoms with E-state index in [0.29, 0.717) is 0 Å². The average Bonchev–Trinajstić information content (AvgIpc) is 2.43. The Labute approximate surface area is 152 Å². The molecule has 0 bridgehead atoms. The van der Waals surface area contributed by atoms with Gasteiger partial charge in [-0.05, 0) is 18.8 Å². The molecule has 2 atom stereocenters. The second-order valence-electron chi connectivity index (χ2n) is 5.76. The molecule has 0 saturated heterocycles. The number of nitrogens with zero attached hydrogens (tertiary/aromatic N) is 1. The van der Waals surface area contributed by atoms with Crippen molar-refractivity contribution in [2.24, 2.45) is 5.92 Å². The van der Waals surface area contributed by atoms with E-state index in [1.807, 2.05) is 17.3 Å². The Morgan fingerprint density at radius 1 is 1.18 bits per heavy atom. The van der Waals surface area contributed by atoms with Crippen LogP contribution < -0.4 is 0 Å². The summed E-state index contributed by atoms with van der Waals surface area (Å²) in [6.07, 6.45) is 7.54. The van der Waals surface area contributed by atoms with E-state index < -0.39 is 10.0 Å². The Morgan fingerprint density at radius 3 is 2.14 bits per heavy atom. The number of halogens is 1. The predicted molar refractivity (Wildman–Crippen MR) is 93.1 cm³/mol. The van der Waals surface area contributed by atoms with Crippen LogP contribution in [0.1, 0.15) is 65.2 Å². The van der Waals surface area contributed by atoms with Gasteiger partial charge in [-0.15, -0.1) is 6.04 Å². The van der Waals surface area contributed by atoms with Crippen molar-refractivity contribution in [3.63, 3.8) is 0 Å². The Kier molecular flexibility index (Phi) is 16.1. The van der Waals surface area contributed by atoms with Gasteiger partial charge in [0.05, 0.1) is 10.0 Å². The Hall–Kier alpha value is 0.783. The minimum atomic E-state index is -3.35. The Balaban J connectivity index is 0. The molecule has 0 radical (unpaired) electrons. The number of sulfonamides is 1. The molecular weight excluding hydrogens is 409 g/mol. The van der Waals surface area contributed by atoms with Gasteiger partial charge < -0.3 is 17.9 Å². The standard InChI is InChI=1S/C14H28N2O2S.CH3.ClH.Ru/c1-3-7-12(8-4-2)11-19(17,18)16-14-10-6-5-9-13(14)15;;;/h12-15H,3-11H2,1-2H3;1H3;1H;/q-2;-1;;+4/p-1. The average molecular weight is 440 g/mol. The summed E-state index contributed by atoms with van der Waals surface area (Å²) in [6, 6.07) is -0.609. The molecule has 7 heteroatoms. The first kappa shape index (κ1) is 25.0. The molecule has 4 nitrogen and oxygen atoms in total. The zero-order valence-electron chi connectivity index (χ0n) is 14.0. The minimum absolute atomic E-state index is 0. The SMILES string of the molecule is CCCC(CCC)CS(=O)(=O)[N-]C1CCCCC1[NH-].[CH3-].[Cl][Ru+3]. The Morgan fingerprint density at radius 2 is 1.68 bits per heavy atom. The molecule has 2 unspecified atom stereocenters. The molecule has 0 aromatic rings. The van der Waals surface area contributed by atoms with Gasteiger partial charge in [-0.25, -0.2) is 8.42 Å². The van der Waals surface area contributed by atoms with E-state index in [2.05, 4.69) is 28.3 Å². The fourth-order valence-electron chi connectivity index (χ4n) is 2.91. The van der Waals surface area contributed by atoms with Crippen LogP contribution in [0.3, 0.4) is 0 Å². The molecule has 1 fully saturated rings. The van der Waals surface area contributed by atoms with Crippen LogP contribution in [0.15, 0.2) is 0 Å². The van der Waals surface area contributed by atoms with Crippen molar-refractivity contribution < 1.29 is 25.7 Å². The molecule has 1 saturated carbocycles. The van der Waals surface area contributed by atoms with Crippen LogP contribution in [0.2, 0.25) is 0 Å². The third kappa shape index (κ3) is 10.5. The van der Waals surface area contributed by atoms with Crippen molar-refractivity contribution in [3.8, 4) is 0 Å². The molecule has 0 aliphatic heterocycles. The van der Waals surface area contributed by atoms with Gasteiger partial charge in [0.15, 0.2) is 0 Å². The van der Waals surface area contributed by atoms with E-state index in [0.717, 1.165) is 51.4 Å². The van der Waals surface area contributed by atoms with Gasteiger partial charge in [-0.1, -0.05) is 52.4 Å². The van der Waals surface area contributed by atoms with Crippen molar-refractivity contribution in [2.75, 3.05) is 5.75 Å². The van der Waals surface area contributed by atoms with Gasteiger partial charge in [-0.2, -0.15) is 6.04 Å². The van der Waals surface area contributed by atoms with Crippen molar-refractivity contribution >= 4 is 19.7 Å². The van der Waals surface area contributed by atoms with Gasteiger partial charge >= 0.3 is 27.0 Å². The van der Waals surface area contributed by atoms with Gasteiger partial charge in [0.25, 0.3) is 0 Å². The van der Waals surface area contributed by atoms with Crippen molar-refractivity contribution in [1.82, 2.24) is 0 Å². The van der Waals surface area contributed by atoms with Crippen LogP contribution in [0.4, 0.5) is 0 Å². The van der Waals surface area contributed by atoms with Gasteiger partial charge in [0.2, 0.25) is 0 Å². The van der Waals surface area contributed by atoms with Gasteiger partial charge in [0.1, 0.15) is 0 Å². The summed E-state index contributed by atoms with van der Waals surface area (Å²) in [7, 11) is 1.22. The quantitative estimate of drug-likeness (QED) is 0.374. The molecule has 0 heterocycles. The fourth-order valence-corrected chi connectivity index (χ4v) is 4.59. The number of rotatable bonds is 8. The van der Waals surface area contributed by atoms with E-state index in [1.165, 1.54) is 0 Å². The van der Waals surface area contributed by atoms with Crippen LogP contribution >= 0.6 is 9.69 Å². The molecule has 0 spiro atoms. The predicted octanol–water partition coefficient (Wildman–Crippen LogP) is 5.41. The summed E-state index contributed by atoms with van der Waals surface area (Å²) in [4.78, 5) is 0.